The molecule has 1 aliphatic heterocycles. The molecule has 0 spiro atoms. The van der Waals surface area contributed by atoms with E-state index in [4.69, 9.17) is 4.74 Å². The minimum atomic E-state index is -0.336. The number of rotatable bonds is 2. The SMILES string of the molecule is CCC1CN(C(=O)c2ccc[nH]c2=O)CCO1. The van der Waals surface area contributed by atoms with Crippen molar-refractivity contribution in [2.24, 2.45) is 0 Å². The average molecular weight is 236 g/mol. The fourth-order valence-corrected chi connectivity index (χ4v) is 1.91. The lowest BCUT2D eigenvalue weighted by atomic mass is 10.2. The Kier molecular flexibility index (Phi) is 3.58. The number of pyridine rings is 1. The van der Waals surface area contributed by atoms with Crippen LogP contribution in [-0.4, -0.2) is 41.6 Å². The minimum absolute atomic E-state index is 0.0792. The molecule has 1 saturated heterocycles. The van der Waals surface area contributed by atoms with Crippen molar-refractivity contribution < 1.29 is 9.53 Å². The van der Waals surface area contributed by atoms with Crippen molar-refractivity contribution in [2.45, 2.75) is 19.4 Å². The summed E-state index contributed by atoms with van der Waals surface area (Å²) >= 11 is 0. The van der Waals surface area contributed by atoms with E-state index in [1.807, 2.05) is 6.92 Å². The van der Waals surface area contributed by atoms with Crippen LogP contribution in [-0.2, 0) is 4.74 Å². The van der Waals surface area contributed by atoms with Gasteiger partial charge in [-0.1, -0.05) is 6.92 Å². The topological polar surface area (TPSA) is 62.4 Å². The van der Waals surface area contributed by atoms with Gasteiger partial charge in [-0.25, -0.2) is 0 Å². The van der Waals surface area contributed by atoms with E-state index in [9.17, 15) is 9.59 Å². The first kappa shape index (κ1) is 11.9. The van der Waals surface area contributed by atoms with E-state index in [-0.39, 0.29) is 23.1 Å². The molecule has 0 aromatic carbocycles. The summed E-state index contributed by atoms with van der Waals surface area (Å²) in [5.74, 6) is -0.214. The molecule has 2 rings (SSSR count). The second-order valence-corrected chi connectivity index (χ2v) is 4.07. The summed E-state index contributed by atoms with van der Waals surface area (Å²) in [4.78, 5) is 27.8. The molecule has 0 radical (unpaired) electrons. The number of amides is 1. The van der Waals surface area contributed by atoms with Crippen molar-refractivity contribution >= 4 is 5.91 Å². The van der Waals surface area contributed by atoms with Crippen molar-refractivity contribution in [3.05, 3.63) is 34.2 Å². The maximum atomic E-state index is 12.1. The second kappa shape index (κ2) is 5.14. The zero-order valence-electron chi connectivity index (χ0n) is 9.81. The summed E-state index contributed by atoms with van der Waals surface area (Å²) in [6.45, 7) is 3.66. The Hall–Kier alpha value is -1.62. The third-order valence-electron chi connectivity index (χ3n) is 2.93. The van der Waals surface area contributed by atoms with Gasteiger partial charge in [-0.05, 0) is 18.6 Å². The zero-order chi connectivity index (χ0) is 12.3. The number of nitrogens with zero attached hydrogens (tertiary/aromatic N) is 1. The van der Waals surface area contributed by atoms with Gasteiger partial charge in [-0.3, -0.25) is 9.59 Å². The van der Waals surface area contributed by atoms with Crippen LogP contribution in [0.2, 0.25) is 0 Å². The Labute approximate surface area is 99.4 Å². The quantitative estimate of drug-likeness (QED) is 0.819. The maximum absolute atomic E-state index is 12.1. The number of carbonyl (C=O) groups is 1. The monoisotopic (exact) mass is 236 g/mol. The first-order valence-corrected chi connectivity index (χ1v) is 5.81. The third-order valence-corrected chi connectivity index (χ3v) is 2.93. The van der Waals surface area contributed by atoms with E-state index in [2.05, 4.69) is 4.98 Å². The minimum Gasteiger partial charge on any atom is -0.375 e. The number of H-pyrrole nitrogens is 1. The lowest BCUT2D eigenvalue weighted by Gasteiger charge is -2.32. The Morgan fingerprint density at radius 1 is 1.65 bits per heavy atom. The first-order valence-electron chi connectivity index (χ1n) is 5.81. The molecule has 1 aromatic heterocycles. The molecule has 17 heavy (non-hydrogen) atoms. The Balaban J connectivity index is 2.15. The van der Waals surface area contributed by atoms with Crippen LogP contribution >= 0.6 is 0 Å². The van der Waals surface area contributed by atoms with Gasteiger partial charge in [-0.15, -0.1) is 0 Å². The smallest absolute Gasteiger partial charge is 0.260 e. The van der Waals surface area contributed by atoms with Crippen molar-refractivity contribution in [3.8, 4) is 0 Å². The molecular weight excluding hydrogens is 220 g/mol. The molecule has 1 amide bonds. The van der Waals surface area contributed by atoms with Crippen molar-refractivity contribution in [1.29, 1.82) is 0 Å². The highest BCUT2D eigenvalue weighted by Gasteiger charge is 2.25. The van der Waals surface area contributed by atoms with E-state index >= 15 is 0 Å². The molecule has 5 nitrogen and oxygen atoms in total. The molecule has 0 bridgehead atoms. The largest absolute Gasteiger partial charge is 0.375 e. The van der Waals surface area contributed by atoms with Crippen LogP contribution in [0.5, 0.6) is 0 Å². The van der Waals surface area contributed by atoms with Gasteiger partial charge in [-0.2, -0.15) is 0 Å². The summed E-state index contributed by atoms with van der Waals surface area (Å²) in [5, 5.41) is 0. The summed E-state index contributed by atoms with van der Waals surface area (Å²) in [6, 6.07) is 3.21. The molecule has 1 unspecified atom stereocenters. The zero-order valence-corrected chi connectivity index (χ0v) is 9.81. The van der Waals surface area contributed by atoms with E-state index < -0.39 is 0 Å². The predicted octanol–water partition coefficient (Wildman–Crippen LogP) is 0.626. The third kappa shape index (κ3) is 2.55. The molecule has 1 N–H and O–H groups in total. The van der Waals surface area contributed by atoms with Gasteiger partial charge in [0.1, 0.15) is 5.56 Å². The number of hydrogen-bond donors (Lipinski definition) is 1. The van der Waals surface area contributed by atoms with Gasteiger partial charge < -0.3 is 14.6 Å². The Bertz CT molecular complexity index is 455. The molecule has 92 valence electrons. The normalized spacial score (nSPS) is 20.3. The predicted molar refractivity (Wildman–Crippen MR) is 63.0 cm³/mol. The van der Waals surface area contributed by atoms with Crippen LogP contribution in [0.15, 0.2) is 23.1 Å². The van der Waals surface area contributed by atoms with Crippen LogP contribution in [0.3, 0.4) is 0 Å². The number of aromatic amines is 1. The van der Waals surface area contributed by atoms with E-state index in [1.54, 1.807) is 17.0 Å². The fraction of sp³-hybridized carbons (Fsp3) is 0.500. The van der Waals surface area contributed by atoms with E-state index in [1.165, 1.54) is 6.20 Å². The van der Waals surface area contributed by atoms with Crippen LogP contribution < -0.4 is 5.56 Å². The second-order valence-electron chi connectivity index (χ2n) is 4.07. The van der Waals surface area contributed by atoms with Gasteiger partial charge in [0.25, 0.3) is 11.5 Å². The summed E-state index contributed by atoms with van der Waals surface area (Å²) in [7, 11) is 0. The molecule has 1 atom stereocenters. The van der Waals surface area contributed by atoms with Crippen molar-refractivity contribution in [1.82, 2.24) is 9.88 Å². The fourth-order valence-electron chi connectivity index (χ4n) is 1.91. The van der Waals surface area contributed by atoms with E-state index in [0.717, 1.165) is 6.42 Å². The molecule has 5 heteroatoms. The van der Waals surface area contributed by atoms with Gasteiger partial charge in [0.05, 0.1) is 12.7 Å². The summed E-state index contributed by atoms with van der Waals surface area (Å²) < 4.78 is 5.49. The molecule has 0 saturated carbocycles. The highest BCUT2D eigenvalue weighted by Crippen LogP contribution is 2.10. The Morgan fingerprint density at radius 2 is 2.47 bits per heavy atom. The maximum Gasteiger partial charge on any atom is 0.260 e. The molecule has 0 aliphatic carbocycles. The van der Waals surface area contributed by atoms with Crippen molar-refractivity contribution in [2.75, 3.05) is 19.7 Å². The van der Waals surface area contributed by atoms with Gasteiger partial charge in [0.2, 0.25) is 0 Å². The lowest BCUT2D eigenvalue weighted by Crippen LogP contribution is -2.46. The van der Waals surface area contributed by atoms with Crippen molar-refractivity contribution in [3.63, 3.8) is 0 Å². The number of nitrogens with one attached hydrogen (secondary N) is 1. The van der Waals surface area contributed by atoms with Gasteiger partial charge >= 0.3 is 0 Å². The molecule has 2 heterocycles. The summed E-state index contributed by atoms with van der Waals surface area (Å²) in [5.41, 5.74) is -0.138. The molecule has 1 aromatic rings. The highest BCUT2D eigenvalue weighted by atomic mass is 16.5. The average Bonchev–Trinajstić information content (AvgIpc) is 2.38. The molecule has 1 aliphatic rings. The number of morpholine rings is 1. The van der Waals surface area contributed by atoms with Crippen LogP contribution in [0.1, 0.15) is 23.7 Å². The number of ether oxygens (including phenoxy) is 1. The number of aromatic nitrogens is 1. The van der Waals surface area contributed by atoms with Gasteiger partial charge in [0.15, 0.2) is 0 Å². The number of hydrogen-bond acceptors (Lipinski definition) is 3. The summed E-state index contributed by atoms with van der Waals surface area (Å²) in [6.07, 6.45) is 2.47. The highest BCUT2D eigenvalue weighted by molar-refractivity contribution is 5.93. The first-order chi connectivity index (χ1) is 8.22. The molecule has 1 fully saturated rings. The number of carbonyl (C=O) groups excluding carboxylic acids is 1. The molecular formula is C12H16N2O3. The van der Waals surface area contributed by atoms with Crippen LogP contribution in [0, 0.1) is 0 Å². The Morgan fingerprint density at radius 3 is 3.18 bits per heavy atom. The van der Waals surface area contributed by atoms with Gasteiger partial charge in [0, 0.05) is 19.3 Å². The van der Waals surface area contributed by atoms with Crippen LogP contribution in [0.4, 0.5) is 0 Å². The standard InChI is InChI=1S/C12H16N2O3/c1-2-9-8-14(6-7-17-9)12(16)10-4-3-5-13-11(10)15/h3-5,9H,2,6-8H2,1H3,(H,13,15). The van der Waals surface area contributed by atoms with Crippen LogP contribution in [0.25, 0.3) is 0 Å². The lowest BCUT2D eigenvalue weighted by molar-refractivity contribution is -0.0226. The van der Waals surface area contributed by atoms with E-state index in [0.29, 0.717) is 19.7 Å².